The third-order valence-corrected chi connectivity index (χ3v) is 21.7. The summed E-state index contributed by atoms with van der Waals surface area (Å²) >= 11 is 0. The maximum Gasteiger partial charge on any atom is 0.252 e. The van der Waals surface area contributed by atoms with Gasteiger partial charge < -0.3 is 9.80 Å². The molecule has 0 radical (unpaired) electrons. The van der Waals surface area contributed by atoms with Crippen LogP contribution >= 0.6 is 0 Å². The van der Waals surface area contributed by atoms with E-state index < -0.39 is 0 Å². The summed E-state index contributed by atoms with van der Waals surface area (Å²) < 4.78 is 0. The number of fused-ring (bicyclic) bond motifs is 6. The minimum absolute atomic E-state index is 0.00154. The number of hydrogen-bond acceptors (Lipinski definition) is 2. The van der Waals surface area contributed by atoms with Crippen molar-refractivity contribution in [3.05, 3.63) is 319 Å². The molecule has 0 N–H and O–H groups in total. The fourth-order valence-electron chi connectivity index (χ4n) is 17.0. The summed E-state index contributed by atoms with van der Waals surface area (Å²) in [7, 11) is 0. The second kappa shape index (κ2) is 24.6. The standard InChI is InChI=1S/C97H85BN2/c1-95(2,3)62-63-54-90-94-91(55-63)100(53-51-76-84(67-34-21-13-22-35-67)60-73(97(7,8)9)61-85(76)68-36-23-14-24-37-68)89-57-71(74-46-47-81-79-41-26-39-69-38-25-40-78(92(69)79)80-43-27-42-77(74)93(80)81)44-48-86(89)98(94)87-56-70(64-28-15-10-16-29-64)45-49-88(87)99(90)52-50-75-82(65-30-17-11-18-31-65)58-72(96(4,5)6)59-83(75)66-32-19-12-20-33-66/h10-49,54-61H,50-53,62H2,1-9H3. The van der Waals surface area contributed by atoms with E-state index in [1.807, 2.05) is 0 Å². The number of benzene rings is 15. The highest BCUT2D eigenvalue weighted by Crippen LogP contribution is 2.48. The van der Waals surface area contributed by atoms with Crippen molar-refractivity contribution >= 4 is 88.9 Å². The highest BCUT2D eigenvalue weighted by atomic mass is 15.2. The smallest absolute Gasteiger partial charge is 0.252 e. The molecule has 0 amide bonds. The van der Waals surface area contributed by atoms with Gasteiger partial charge in [-0.1, -0.05) is 329 Å². The Morgan fingerprint density at radius 2 is 0.710 bits per heavy atom. The SMILES string of the molecule is CC(C)(C)Cc1cc2c3c(c1)N(CCc1c(-c4ccccc4)cc(C(C)(C)C)cc1-c1ccccc1)c1cc(-c4ccc5c6cccc7cccc(c8cccc4c85)c76)ccc1B3c1cc(-c3ccccc3)ccc1N2CCc1c(-c2ccccc2)cc(C(C)(C)C)cc1-c1ccccc1. The summed E-state index contributed by atoms with van der Waals surface area (Å²) in [6, 6.07) is 112. The molecule has 15 aromatic rings. The Labute approximate surface area is 591 Å². The van der Waals surface area contributed by atoms with Crippen LogP contribution < -0.4 is 26.2 Å². The first kappa shape index (κ1) is 62.8. The maximum absolute atomic E-state index is 2.79. The number of nitrogens with zero attached hydrogens (tertiary/aromatic N) is 2. The molecule has 17 rings (SSSR count). The second-order valence-corrected chi connectivity index (χ2v) is 31.6. The molecule has 0 fully saturated rings. The molecule has 2 aliphatic heterocycles. The van der Waals surface area contributed by atoms with Gasteiger partial charge in [0.15, 0.2) is 0 Å². The number of anilines is 4. The lowest BCUT2D eigenvalue weighted by Gasteiger charge is -2.45. The summed E-state index contributed by atoms with van der Waals surface area (Å²) in [5.41, 5.74) is 30.9. The van der Waals surface area contributed by atoms with Crippen LogP contribution in [0, 0.1) is 5.41 Å². The molecule has 0 saturated carbocycles. The molecular weight excluding hydrogens is 1200 g/mol. The predicted molar refractivity (Wildman–Crippen MR) is 433 cm³/mol. The Morgan fingerprint density at radius 1 is 0.290 bits per heavy atom. The van der Waals surface area contributed by atoms with Crippen molar-refractivity contribution in [2.24, 2.45) is 5.41 Å². The molecule has 2 nitrogen and oxygen atoms in total. The molecule has 0 unspecified atom stereocenters. The highest BCUT2D eigenvalue weighted by molar-refractivity contribution is 7.00. The zero-order valence-corrected chi connectivity index (χ0v) is 59.2. The highest BCUT2D eigenvalue weighted by Gasteiger charge is 2.44. The lowest BCUT2D eigenvalue weighted by atomic mass is 9.33. The van der Waals surface area contributed by atoms with Gasteiger partial charge in [0.2, 0.25) is 0 Å². The van der Waals surface area contributed by atoms with Crippen LogP contribution in [-0.2, 0) is 30.1 Å². The van der Waals surface area contributed by atoms with Crippen molar-refractivity contribution in [1.29, 1.82) is 0 Å². The summed E-state index contributed by atoms with van der Waals surface area (Å²) in [5, 5.41) is 10.5. The molecule has 0 aliphatic carbocycles. The average Bonchev–Trinajstić information content (AvgIpc) is 0.707. The van der Waals surface area contributed by atoms with Crippen LogP contribution in [0.4, 0.5) is 22.7 Å². The summed E-state index contributed by atoms with van der Waals surface area (Å²) in [6.07, 6.45) is 2.53. The third kappa shape index (κ3) is 11.2. The predicted octanol–water partition coefficient (Wildman–Crippen LogP) is 23.8. The van der Waals surface area contributed by atoms with Crippen molar-refractivity contribution in [2.45, 2.75) is 92.4 Å². The van der Waals surface area contributed by atoms with Crippen LogP contribution in [0.1, 0.15) is 90.1 Å². The average molecular weight is 1290 g/mol. The largest absolute Gasteiger partial charge is 0.342 e. The van der Waals surface area contributed by atoms with E-state index >= 15 is 0 Å². The van der Waals surface area contributed by atoms with Crippen molar-refractivity contribution < 1.29 is 0 Å². The fourth-order valence-corrected chi connectivity index (χ4v) is 17.0. The van der Waals surface area contributed by atoms with Gasteiger partial charge in [-0.15, -0.1) is 0 Å². The second-order valence-electron chi connectivity index (χ2n) is 31.6. The van der Waals surface area contributed by atoms with E-state index in [0.29, 0.717) is 0 Å². The Balaban J connectivity index is 0.919. The molecule has 0 saturated heterocycles. The Bertz CT molecular complexity index is 5450. The van der Waals surface area contributed by atoms with Crippen LogP contribution in [0.5, 0.6) is 0 Å². The molecule has 15 aromatic carbocycles. The Morgan fingerprint density at radius 3 is 1.18 bits per heavy atom. The molecule has 486 valence electrons. The topological polar surface area (TPSA) is 6.48 Å². The summed E-state index contributed by atoms with van der Waals surface area (Å²) in [5.74, 6) is 0. The summed E-state index contributed by atoms with van der Waals surface area (Å²) in [4.78, 5) is 5.55. The van der Waals surface area contributed by atoms with E-state index in [1.54, 1.807) is 0 Å². The van der Waals surface area contributed by atoms with Gasteiger partial charge in [0.1, 0.15) is 0 Å². The van der Waals surface area contributed by atoms with Crippen molar-refractivity contribution in [3.63, 3.8) is 0 Å². The first-order valence-corrected chi connectivity index (χ1v) is 36.2. The van der Waals surface area contributed by atoms with Gasteiger partial charge in [0.05, 0.1) is 0 Å². The van der Waals surface area contributed by atoms with Crippen molar-refractivity contribution in [1.82, 2.24) is 0 Å². The fraction of sp³-hybridized carbons (Fsp3) is 0.175. The molecule has 3 heteroatoms. The lowest BCUT2D eigenvalue weighted by molar-refractivity contribution is 0.411. The van der Waals surface area contributed by atoms with Gasteiger partial charge in [0, 0.05) is 35.8 Å². The molecule has 0 bridgehead atoms. The number of hydrogen-bond donors (Lipinski definition) is 0. The monoisotopic (exact) mass is 1290 g/mol. The number of rotatable bonds is 13. The Hall–Kier alpha value is -10.7. The first-order valence-electron chi connectivity index (χ1n) is 36.2. The normalized spacial score (nSPS) is 13.0. The van der Waals surface area contributed by atoms with E-state index in [1.165, 1.54) is 177 Å². The maximum atomic E-state index is 2.79. The molecular formula is C97H85BN2. The van der Waals surface area contributed by atoms with Crippen LogP contribution in [0.2, 0.25) is 0 Å². The minimum Gasteiger partial charge on any atom is -0.342 e. The van der Waals surface area contributed by atoms with E-state index in [0.717, 1.165) is 32.4 Å². The van der Waals surface area contributed by atoms with Crippen LogP contribution in [0.25, 0.3) is 110 Å². The molecule has 2 aliphatic rings. The zero-order valence-electron chi connectivity index (χ0n) is 59.2. The minimum atomic E-state index is -0.0848. The quantitative estimate of drug-likeness (QED) is 0.0645. The molecule has 2 heterocycles. The van der Waals surface area contributed by atoms with E-state index in [2.05, 4.69) is 363 Å². The zero-order chi connectivity index (χ0) is 68.2. The van der Waals surface area contributed by atoms with Gasteiger partial charge in [-0.2, -0.15) is 0 Å². The summed E-state index contributed by atoms with van der Waals surface area (Å²) in [6.45, 7) is 22.8. The van der Waals surface area contributed by atoms with Gasteiger partial charge in [-0.25, -0.2) is 0 Å². The van der Waals surface area contributed by atoms with Gasteiger partial charge >= 0.3 is 0 Å². The van der Waals surface area contributed by atoms with Gasteiger partial charge in [-0.05, 0) is 214 Å². The van der Waals surface area contributed by atoms with E-state index in [-0.39, 0.29) is 23.0 Å². The van der Waals surface area contributed by atoms with Crippen LogP contribution in [-0.4, -0.2) is 19.8 Å². The lowest BCUT2D eigenvalue weighted by Crippen LogP contribution is -2.62. The van der Waals surface area contributed by atoms with Crippen molar-refractivity contribution in [2.75, 3.05) is 22.9 Å². The third-order valence-electron chi connectivity index (χ3n) is 21.7. The first-order chi connectivity index (χ1) is 48.5. The molecule has 0 atom stereocenters. The van der Waals surface area contributed by atoms with Gasteiger partial charge in [0.25, 0.3) is 6.71 Å². The van der Waals surface area contributed by atoms with Crippen molar-refractivity contribution in [3.8, 4) is 66.8 Å². The molecule has 0 aromatic heterocycles. The van der Waals surface area contributed by atoms with E-state index in [4.69, 9.17) is 0 Å². The Kier molecular flexibility index (Phi) is 15.4. The van der Waals surface area contributed by atoms with Crippen LogP contribution in [0.3, 0.4) is 0 Å². The van der Waals surface area contributed by atoms with E-state index in [9.17, 15) is 0 Å². The molecule has 100 heavy (non-hydrogen) atoms. The van der Waals surface area contributed by atoms with Gasteiger partial charge in [-0.3, -0.25) is 0 Å². The molecule has 0 spiro atoms. The van der Waals surface area contributed by atoms with Crippen LogP contribution in [0.15, 0.2) is 291 Å².